The van der Waals surface area contributed by atoms with Crippen LogP contribution in [0.15, 0.2) is 35.6 Å². The number of likely N-dealkylation sites (tertiary alicyclic amines) is 1. The second-order valence-corrected chi connectivity index (χ2v) is 8.28. The monoisotopic (exact) mass is 334 g/mol. The Hall–Kier alpha value is -1.73. The van der Waals surface area contributed by atoms with Crippen LogP contribution in [0.2, 0.25) is 0 Å². The summed E-state index contributed by atoms with van der Waals surface area (Å²) in [4.78, 5) is 6.92. The number of nitrogens with zero attached hydrogens (tertiary/aromatic N) is 3. The fraction of sp³-hybridized carbons (Fsp3) is 0.500. The molecule has 2 aromatic heterocycles. The molecule has 3 heterocycles. The van der Waals surface area contributed by atoms with E-state index in [-0.39, 0.29) is 0 Å². The van der Waals surface area contributed by atoms with Gasteiger partial charge in [-0.2, -0.15) is 5.10 Å². The third kappa shape index (κ3) is 4.17. The lowest BCUT2D eigenvalue weighted by atomic mass is 9.93. The molecule has 1 aliphatic heterocycles. The van der Waals surface area contributed by atoms with Crippen LogP contribution in [0, 0.1) is 5.92 Å². The molecule has 0 unspecified atom stereocenters. The van der Waals surface area contributed by atoms with Crippen molar-refractivity contribution in [1.82, 2.24) is 20.1 Å². The van der Waals surface area contributed by atoms with Crippen LogP contribution in [0.5, 0.6) is 0 Å². The van der Waals surface area contributed by atoms with Crippen molar-refractivity contribution >= 4 is 9.84 Å². The van der Waals surface area contributed by atoms with Gasteiger partial charge in [-0.3, -0.25) is 15.0 Å². The molecule has 1 atom stereocenters. The molecule has 124 valence electrons. The number of piperidine rings is 1. The topological polar surface area (TPSA) is 79.0 Å². The van der Waals surface area contributed by atoms with Crippen LogP contribution in [0.25, 0.3) is 0 Å². The number of hydrogen-bond acceptors (Lipinski definition) is 5. The largest absolute Gasteiger partial charge is 0.299 e. The van der Waals surface area contributed by atoms with Gasteiger partial charge in [0, 0.05) is 31.7 Å². The summed E-state index contributed by atoms with van der Waals surface area (Å²) in [6, 6.07) is 4.05. The predicted octanol–water partition coefficient (Wildman–Crippen LogP) is 1.66. The summed E-state index contributed by atoms with van der Waals surface area (Å²) < 4.78 is 23.6. The van der Waals surface area contributed by atoms with Gasteiger partial charge in [0.1, 0.15) is 4.90 Å². The van der Waals surface area contributed by atoms with E-state index < -0.39 is 9.84 Å². The van der Waals surface area contributed by atoms with Crippen molar-refractivity contribution in [3.8, 4) is 0 Å². The van der Waals surface area contributed by atoms with Gasteiger partial charge in [0.15, 0.2) is 9.84 Å². The van der Waals surface area contributed by atoms with E-state index >= 15 is 0 Å². The summed E-state index contributed by atoms with van der Waals surface area (Å²) >= 11 is 0. The zero-order valence-corrected chi connectivity index (χ0v) is 14.1. The molecule has 1 saturated heterocycles. The van der Waals surface area contributed by atoms with Crippen molar-refractivity contribution in [2.24, 2.45) is 5.92 Å². The Labute approximate surface area is 136 Å². The van der Waals surface area contributed by atoms with Crippen LogP contribution in [-0.4, -0.2) is 47.8 Å². The maximum absolute atomic E-state index is 11.8. The molecule has 0 spiro atoms. The Bertz CT molecular complexity index is 742. The molecule has 0 radical (unpaired) electrons. The minimum atomic E-state index is -3.22. The number of rotatable bonds is 5. The third-order valence-corrected chi connectivity index (χ3v) is 5.45. The van der Waals surface area contributed by atoms with Crippen molar-refractivity contribution in [2.45, 2.75) is 30.7 Å². The maximum atomic E-state index is 11.8. The van der Waals surface area contributed by atoms with Gasteiger partial charge in [0.2, 0.25) is 0 Å². The number of nitrogens with one attached hydrogen (secondary N) is 1. The van der Waals surface area contributed by atoms with Gasteiger partial charge in [-0.15, -0.1) is 0 Å². The highest BCUT2D eigenvalue weighted by Crippen LogP contribution is 2.24. The van der Waals surface area contributed by atoms with E-state index in [1.54, 1.807) is 6.20 Å². The highest BCUT2D eigenvalue weighted by molar-refractivity contribution is 7.90. The van der Waals surface area contributed by atoms with Crippen LogP contribution in [0.4, 0.5) is 0 Å². The molecule has 0 aliphatic carbocycles. The number of aromatic amines is 1. The summed E-state index contributed by atoms with van der Waals surface area (Å²) in [6.45, 7) is 2.94. The minimum Gasteiger partial charge on any atom is -0.299 e. The first kappa shape index (κ1) is 16.1. The zero-order chi connectivity index (χ0) is 16.3. The molecule has 6 nitrogen and oxygen atoms in total. The van der Waals surface area contributed by atoms with Gasteiger partial charge in [0.25, 0.3) is 0 Å². The van der Waals surface area contributed by atoms with Crippen LogP contribution >= 0.6 is 0 Å². The molecule has 23 heavy (non-hydrogen) atoms. The molecule has 0 amide bonds. The smallest absolute Gasteiger partial charge is 0.178 e. The standard InChI is InChI=1S/C16H22N4O2S/c1-23(21,22)16-10-18-19-15(16)8-13-5-3-7-20(11-13)12-14-4-2-6-17-9-14/h2,4,6,9-10,13H,3,5,7-8,11-12H2,1H3,(H,18,19)/t13-/m0/s1. The zero-order valence-electron chi connectivity index (χ0n) is 13.3. The normalized spacial score (nSPS) is 19.8. The average molecular weight is 334 g/mol. The number of H-pyrrole nitrogens is 1. The van der Waals surface area contributed by atoms with Crippen molar-refractivity contribution in [3.63, 3.8) is 0 Å². The van der Waals surface area contributed by atoms with Crippen LogP contribution in [0.3, 0.4) is 0 Å². The van der Waals surface area contributed by atoms with Crippen LogP contribution < -0.4 is 0 Å². The van der Waals surface area contributed by atoms with Gasteiger partial charge in [-0.25, -0.2) is 8.42 Å². The van der Waals surface area contributed by atoms with Gasteiger partial charge in [-0.05, 0) is 43.4 Å². The molecule has 1 aliphatic rings. The van der Waals surface area contributed by atoms with Crippen LogP contribution in [-0.2, 0) is 22.8 Å². The summed E-state index contributed by atoms with van der Waals surface area (Å²) in [6.07, 6.45) is 9.32. The van der Waals surface area contributed by atoms with Gasteiger partial charge in [-0.1, -0.05) is 6.07 Å². The SMILES string of the molecule is CS(=O)(=O)c1cn[nH]c1C[C@@H]1CCCN(Cc2cccnc2)C1. The molecule has 7 heteroatoms. The molecule has 0 saturated carbocycles. The molecule has 1 N–H and O–H groups in total. The van der Waals surface area contributed by atoms with E-state index in [0.717, 1.165) is 44.6 Å². The van der Waals surface area contributed by atoms with Crippen molar-refractivity contribution in [3.05, 3.63) is 42.0 Å². The van der Waals surface area contributed by atoms with E-state index in [0.29, 0.717) is 10.8 Å². The number of aromatic nitrogens is 3. The van der Waals surface area contributed by atoms with Crippen molar-refractivity contribution in [1.29, 1.82) is 0 Å². The van der Waals surface area contributed by atoms with E-state index in [4.69, 9.17) is 0 Å². The second-order valence-electron chi connectivity index (χ2n) is 6.29. The molecule has 1 fully saturated rings. The van der Waals surface area contributed by atoms with Crippen molar-refractivity contribution < 1.29 is 8.42 Å². The first-order valence-electron chi connectivity index (χ1n) is 7.86. The average Bonchev–Trinajstić information content (AvgIpc) is 2.97. The summed E-state index contributed by atoms with van der Waals surface area (Å²) in [5, 5.41) is 6.78. The number of pyridine rings is 1. The highest BCUT2D eigenvalue weighted by Gasteiger charge is 2.24. The quantitative estimate of drug-likeness (QED) is 0.900. The summed E-state index contributed by atoms with van der Waals surface area (Å²) in [5.41, 5.74) is 1.95. The highest BCUT2D eigenvalue weighted by atomic mass is 32.2. The van der Waals surface area contributed by atoms with E-state index in [1.807, 2.05) is 12.3 Å². The minimum absolute atomic E-state index is 0.335. The second kappa shape index (κ2) is 6.80. The number of hydrogen-bond donors (Lipinski definition) is 1. The van der Waals surface area contributed by atoms with E-state index in [1.165, 1.54) is 18.0 Å². The van der Waals surface area contributed by atoms with Crippen LogP contribution in [0.1, 0.15) is 24.1 Å². The van der Waals surface area contributed by atoms with Gasteiger partial charge >= 0.3 is 0 Å². The van der Waals surface area contributed by atoms with Gasteiger partial charge < -0.3 is 0 Å². The lowest BCUT2D eigenvalue weighted by Crippen LogP contribution is -2.35. The fourth-order valence-electron chi connectivity index (χ4n) is 3.27. The Morgan fingerprint density at radius 2 is 2.26 bits per heavy atom. The first-order valence-corrected chi connectivity index (χ1v) is 9.75. The first-order chi connectivity index (χ1) is 11.0. The molecule has 2 aromatic rings. The summed E-state index contributed by atoms with van der Waals surface area (Å²) in [5.74, 6) is 0.446. The summed E-state index contributed by atoms with van der Waals surface area (Å²) in [7, 11) is -3.22. The number of sulfone groups is 1. The Kier molecular flexibility index (Phi) is 4.77. The fourth-order valence-corrected chi connectivity index (χ4v) is 4.09. The molecular weight excluding hydrogens is 312 g/mol. The maximum Gasteiger partial charge on any atom is 0.178 e. The Morgan fingerprint density at radius 1 is 1.39 bits per heavy atom. The molecular formula is C16H22N4O2S. The van der Waals surface area contributed by atoms with E-state index in [9.17, 15) is 8.42 Å². The van der Waals surface area contributed by atoms with Crippen molar-refractivity contribution in [2.75, 3.05) is 19.3 Å². The Morgan fingerprint density at radius 3 is 3.00 bits per heavy atom. The molecule has 3 rings (SSSR count). The lowest BCUT2D eigenvalue weighted by molar-refractivity contribution is 0.166. The third-order valence-electron chi connectivity index (χ3n) is 4.30. The molecule has 0 bridgehead atoms. The van der Waals surface area contributed by atoms with Gasteiger partial charge in [0.05, 0.1) is 11.9 Å². The lowest BCUT2D eigenvalue weighted by Gasteiger charge is -2.32. The Balaban J connectivity index is 1.64. The molecule has 0 aromatic carbocycles. The van der Waals surface area contributed by atoms with E-state index in [2.05, 4.69) is 26.1 Å². The predicted molar refractivity (Wildman–Crippen MR) is 87.6 cm³/mol.